The van der Waals surface area contributed by atoms with Gasteiger partial charge in [0.05, 0.1) is 0 Å². The van der Waals surface area contributed by atoms with Crippen molar-refractivity contribution in [2.45, 2.75) is 25.8 Å². The summed E-state index contributed by atoms with van der Waals surface area (Å²) in [6, 6.07) is 24.8. The summed E-state index contributed by atoms with van der Waals surface area (Å²) in [4.78, 5) is 14.6. The van der Waals surface area contributed by atoms with E-state index in [1.165, 1.54) is 15.3 Å². The summed E-state index contributed by atoms with van der Waals surface area (Å²) in [5.41, 5.74) is 2.39. The molecule has 0 bridgehead atoms. The number of thiophene rings is 1. The van der Waals surface area contributed by atoms with Crippen LogP contribution >= 0.6 is 11.3 Å². The molecule has 2 aromatic carbocycles. The molecule has 0 aliphatic heterocycles. The summed E-state index contributed by atoms with van der Waals surface area (Å²) in [5, 5.41) is 2.98. The Morgan fingerprint density at radius 2 is 1.58 bits per heavy atom. The Bertz CT molecular complexity index is 765. The molecule has 0 aliphatic rings. The van der Waals surface area contributed by atoms with Crippen molar-refractivity contribution in [3.05, 3.63) is 83.2 Å². The van der Waals surface area contributed by atoms with Gasteiger partial charge >= 0.3 is 0 Å². The smallest absolute Gasteiger partial charge is 0.220 e. The average Bonchev–Trinajstić information content (AvgIpc) is 3.11. The molecule has 0 aliphatic carbocycles. The Hall–Kier alpha value is -2.39. The molecule has 1 aromatic heterocycles. The number of benzene rings is 2. The van der Waals surface area contributed by atoms with Crippen LogP contribution in [0.5, 0.6) is 0 Å². The van der Waals surface area contributed by atoms with E-state index in [2.05, 4.69) is 41.7 Å². The topological polar surface area (TPSA) is 29.1 Å². The fourth-order valence-corrected chi connectivity index (χ4v) is 3.63. The van der Waals surface area contributed by atoms with Crippen LogP contribution in [0.25, 0.3) is 10.4 Å². The van der Waals surface area contributed by atoms with Crippen LogP contribution < -0.4 is 5.32 Å². The lowest BCUT2D eigenvalue weighted by Gasteiger charge is -2.04. The molecule has 1 heterocycles. The number of hydrogen-bond acceptors (Lipinski definition) is 2. The molecule has 0 radical (unpaired) electrons. The van der Waals surface area contributed by atoms with Gasteiger partial charge in [0.2, 0.25) is 5.91 Å². The summed E-state index contributed by atoms with van der Waals surface area (Å²) < 4.78 is 0. The second-order valence-electron chi connectivity index (χ2n) is 5.75. The van der Waals surface area contributed by atoms with Gasteiger partial charge in [0, 0.05) is 22.7 Å². The number of aryl methyl sites for hydroxylation is 1. The second-order valence-corrected chi connectivity index (χ2v) is 6.92. The molecule has 0 unspecified atom stereocenters. The Morgan fingerprint density at radius 1 is 0.875 bits per heavy atom. The van der Waals surface area contributed by atoms with Crippen molar-refractivity contribution >= 4 is 17.2 Å². The molecule has 2 nitrogen and oxygen atoms in total. The number of carbonyl (C=O) groups is 1. The van der Waals surface area contributed by atoms with Crippen molar-refractivity contribution in [1.82, 2.24) is 5.32 Å². The van der Waals surface area contributed by atoms with Crippen molar-refractivity contribution < 1.29 is 4.79 Å². The van der Waals surface area contributed by atoms with E-state index in [9.17, 15) is 4.79 Å². The molecule has 0 fully saturated rings. The van der Waals surface area contributed by atoms with E-state index in [4.69, 9.17) is 0 Å². The monoisotopic (exact) mass is 335 g/mol. The van der Waals surface area contributed by atoms with Gasteiger partial charge in [-0.1, -0.05) is 60.7 Å². The highest BCUT2D eigenvalue weighted by Crippen LogP contribution is 2.28. The van der Waals surface area contributed by atoms with Gasteiger partial charge in [0.15, 0.2) is 0 Å². The van der Waals surface area contributed by atoms with Gasteiger partial charge in [-0.15, -0.1) is 11.3 Å². The van der Waals surface area contributed by atoms with E-state index >= 15 is 0 Å². The van der Waals surface area contributed by atoms with E-state index in [1.54, 1.807) is 0 Å². The van der Waals surface area contributed by atoms with E-state index in [0.717, 1.165) is 18.4 Å². The number of carbonyl (C=O) groups excluding carboxylic acids is 1. The molecule has 3 rings (SSSR count). The van der Waals surface area contributed by atoms with Crippen LogP contribution in [0.4, 0.5) is 0 Å². The first-order valence-electron chi connectivity index (χ1n) is 8.26. The maximum atomic E-state index is 11.9. The van der Waals surface area contributed by atoms with Crippen LogP contribution in [0, 0.1) is 0 Å². The summed E-state index contributed by atoms with van der Waals surface area (Å²) in [7, 11) is 0. The molecular formula is C21H21NOS. The van der Waals surface area contributed by atoms with Gasteiger partial charge in [-0.05, 0) is 36.1 Å². The average molecular weight is 335 g/mol. The van der Waals surface area contributed by atoms with Gasteiger partial charge in [0.25, 0.3) is 0 Å². The molecule has 1 amide bonds. The highest BCUT2D eigenvalue weighted by Gasteiger charge is 2.05. The van der Waals surface area contributed by atoms with Crippen molar-refractivity contribution in [3.63, 3.8) is 0 Å². The zero-order chi connectivity index (χ0) is 16.6. The largest absolute Gasteiger partial charge is 0.352 e. The zero-order valence-corrected chi connectivity index (χ0v) is 14.4. The minimum absolute atomic E-state index is 0.124. The van der Waals surface area contributed by atoms with Crippen molar-refractivity contribution in [3.8, 4) is 10.4 Å². The SMILES string of the molecule is O=C(CCCc1ccc(-c2ccccc2)s1)NCc1ccccc1. The van der Waals surface area contributed by atoms with Gasteiger partial charge in [-0.2, -0.15) is 0 Å². The summed E-state index contributed by atoms with van der Waals surface area (Å²) in [6.07, 6.45) is 2.41. The molecule has 3 heteroatoms. The van der Waals surface area contributed by atoms with Crippen molar-refractivity contribution in [1.29, 1.82) is 0 Å². The molecule has 0 saturated heterocycles. The maximum absolute atomic E-state index is 11.9. The molecule has 0 saturated carbocycles. The number of hydrogen-bond donors (Lipinski definition) is 1. The Balaban J connectivity index is 1.42. The van der Waals surface area contributed by atoms with Gasteiger partial charge in [-0.25, -0.2) is 0 Å². The van der Waals surface area contributed by atoms with Crippen molar-refractivity contribution in [2.75, 3.05) is 0 Å². The fourth-order valence-electron chi connectivity index (χ4n) is 2.58. The number of rotatable bonds is 7. The standard InChI is InChI=1S/C21H21NOS/c23-21(22-16-17-8-3-1-4-9-17)13-7-12-19-14-15-20(24-19)18-10-5-2-6-11-18/h1-6,8-11,14-15H,7,12-13,16H2,(H,22,23). The predicted octanol–water partition coefficient (Wildman–Crippen LogP) is 5.05. The Kier molecular flexibility index (Phi) is 5.80. The molecule has 0 spiro atoms. The minimum Gasteiger partial charge on any atom is -0.352 e. The lowest BCUT2D eigenvalue weighted by Crippen LogP contribution is -2.22. The molecule has 1 N–H and O–H groups in total. The third kappa shape index (κ3) is 4.80. The first-order chi connectivity index (χ1) is 11.8. The highest BCUT2D eigenvalue weighted by molar-refractivity contribution is 7.15. The van der Waals surface area contributed by atoms with Crippen LogP contribution in [0.15, 0.2) is 72.8 Å². The molecule has 3 aromatic rings. The predicted molar refractivity (Wildman–Crippen MR) is 101 cm³/mol. The summed E-state index contributed by atoms with van der Waals surface area (Å²) >= 11 is 1.82. The highest BCUT2D eigenvalue weighted by atomic mass is 32.1. The third-order valence-corrected chi connectivity index (χ3v) is 5.07. The number of nitrogens with one attached hydrogen (secondary N) is 1. The lowest BCUT2D eigenvalue weighted by atomic mass is 10.2. The van der Waals surface area contributed by atoms with E-state index < -0.39 is 0 Å². The van der Waals surface area contributed by atoms with E-state index in [1.807, 2.05) is 47.7 Å². The molecule has 122 valence electrons. The first kappa shape index (κ1) is 16.5. The van der Waals surface area contributed by atoms with Crippen LogP contribution in [0.1, 0.15) is 23.3 Å². The molecular weight excluding hydrogens is 314 g/mol. The summed E-state index contributed by atoms with van der Waals surface area (Å²) in [5.74, 6) is 0.124. The van der Waals surface area contributed by atoms with Gasteiger partial charge in [-0.3, -0.25) is 4.79 Å². The molecule has 0 atom stereocenters. The lowest BCUT2D eigenvalue weighted by molar-refractivity contribution is -0.121. The Labute approximate surface area is 147 Å². The minimum atomic E-state index is 0.124. The van der Waals surface area contributed by atoms with E-state index in [-0.39, 0.29) is 5.91 Å². The second kappa shape index (κ2) is 8.46. The fraction of sp³-hybridized carbons (Fsp3) is 0.190. The van der Waals surface area contributed by atoms with Crippen LogP contribution in [-0.2, 0) is 17.8 Å². The first-order valence-corrected chi connectivity index (χ1v) is 9.08. The summed E-state index contributed by atoms with van der Waals surface area (Å²) in [6.45, 7) is 0.608. The van der Waals surface area contributed by atoms with Crippen LogP contribution in [-0.4, -0.2) is 5.91 Å². The maximum Gasteiger partial charge on any atom is 0.220 e. The zero-order valence-electron chi connectivity index (χ0n) is 13.6. The van der Waals surface area contributed by atoms with Crippen LogP contribution in [0.2, 0.25) is 0 Å². The quantitative estimate of drug-likeness (QED) is 0.643. The molecule has 24 heavy (non-hydrogen) atoms. The normalized spacial score (nSPS) is 10.5. The van der Waals surface area contributed by atoms with E-state index in [0.29, 0.717) is 13.0 Å². The Morgan fingerprint density at radius 3 is 2.33 bits per heavy atom. The third-order valence-electron chi connectivity index (χ3n) is 3.88. The van der Waals surface area contributed by atoms with Crippen LogP contribution in [0.3, 0.4) is 0 Å². The van der Waals surface area contributed by atoms with Gasteiger partial charge < -0.3 is 5.32 Å². The van der Waals surface area contributed by atoms with Crippen molar-refractivity contribution in [2.24, 2.45) is 0 Å². The number of amides is 1. The van der Waals surface area contributed by atoms with Gasteiger partial charge in [0.1, 0.15) is 0 Å².